The minimum atomic E-state index is 0.560. The molecule has 0 amide bonds. The Morgan fingerprint density at radius 2 is 2.43 bits per heavy atom. The lowest BCUT2D eigenvalue weighted by Gasteiger charge is -2.08. The number of fused-ring (bicyclic) bond motifs is 2. The molecule has 40 valence electrons. The van der Waals surface area contributed by atoms with Crippen LogP contribution in [0.4, 0.5) is 0 Å². The van der Waals surface area contributed by atoms with Gasteiger partial charge in [0.15, 0.2) is 0 Å². The van der Waals surface area contributed by atoms with E-state index in [1.54, 1.807) is 0 Å². The zero-order valence-corrected chi connectivity index (χ0v) is 4.18. The molecule has 2 aliphatic rings. The van der Waals surface area contributed by atoms with Gasteiger partial charge in [0.1, 0.15) is 0 Å². The fourth-order valence-electron chi connectivity index (χ4n) is 1.35. The maximum absolute atomic E-state index is 5.10. The Bertz CT molecular complexity index is 66.1. The minimum absolute atomic E-state index is 0.560. The van der Waals surface area contributed by atoms with Crippen molar-refractivity contribution >= 4 is 0 Å². The van der Waals surface area contributed by atoms with Crippen LogP contribution in [0.3, 0.4) is 0 Å². The first-order valence-corrected chi connectivity index (χ1v) is 2.86. The zero-order chi connectivity index (χ0) is 4.69. The van der Waals surface area contributed by atoms with Crippen LogP contribution in [0.15, 0.2) is 0 Å². The SMILES string of the molecule is C1C[C@H]2C[C@H]1NO2. The summed E-state index contributed by atoms with van der Waals surface area (Å²) in [4.78, 5) is 5.10. The average Bonchev–Trinajstić information content (AvgIpc) is 2.22. The van der Waals surface area contributed by atoms with E-state index in [4.69, 9.17) is 4.84 Å². The molecule has 0 radical (unpaired) electrons. The summed E-state index contributed by atoms with van der Waals surface area (Å²) in [5.41, 5.74) is 2.96. The summed E-state index contributed by atoms with van der Waals surface area (Å²) >= 11 is 0. The summed E-state index contributed by atoms with van der Waals surface area (Å²) in [6.07, 6.45) is 4.41. The number of rotatable bonds is 0. The molecule has 0 spiro atoms. The van der Waals surface area contributed by atoms with Crippen molar-refractivity contribution in [3.8, 4) is 0 Å². The number of nitrogens with one attached hydrogen (secondary N) is 1. The first kappa shape index (κ1) is 3.87. The van der Waals surface area contributed by atoms with Crippen LogP contribution in [-0.2, 0) is 4.84 Å². The highest BCUT2D eigenvalue weighted by molar-refractivity contribution is 4.83. The number of hydrogen-bond donors (Lipinski definition) is 1. The van der Waals surface area contributed by atoms with Crippen LogP contribution in [0.25, 0.3) is 0 Å². The van der Waals surface area contributed by atoms with Gasteiger partial charge in [-0.05, 0) is 19.3 Å². The van der Waals surface area contributed by atoms with E-state index in [1.165, 1.54) is 19.3 Å². The van der Waals surface area contributed by atoms with Gasteiger partial charge in [-0.1, -0.05) is 0 Å². The molecule has 1 aliphatic carbocycles. The molecular weight excluding hydrogens is 90.1 g/mol. The first-order chi connectivity index (χ1) is 3.45. The molecule has 0 aromatic heterocycles. The molecule has 2 atom stereocenters. The van der Waals surface area contributed by atoms with Crippen LogP contribution in [-0.4, -0.2) is 12.1 Å². The highest BCUT2D eigenvalue weighted by Crippen LogP contribution is 2.26. The van der Waals surface area contributed by atoms with Gasteiger partial charge in [-0.25, -0.2) is 0 Å². The van der Waals surface area contributed by atoms with Crippen molar-refractivity contribution in [2.24, 2.45) is 0 Å². The fourth-order valence-corrected chi connectivity index (χ4v) is 1.35. The van der Waals surface area contributed by atoms with E-state index in [0.717, 1.165) is 0 Å². The Labute approximate surface area is 42.8 Å². The molecule has 0 unspecified atom stereocenters. The van der Waals surface area contributed by atoms with E-state index in [-0.39, 0.29) is 0 Å². The molecule has 7 heavy (non-hydrogen) atoms. The van der Waals surface area contributed by atoms with E-state index in [0.29, 0.717) is 12.1 Å². The van der Waals surface area contributed by atoms with Gasteiger partial charge < -0.3 is 0 Å². The van der Waals surface area contributed by atoms with Crippen molar-refractivity contribution < 1.29 is 4.84 Å². The van der Waals surface area contributed by atoms with Crippen molar-refractivity contribution in [1.82, 2.24) is 5.48 Å². The van der Waals surface area contributed by atoms with Crippen LogP contribution in [0.1, 0.15) is 19.3 Å². The second-order valence-electron chi connectivity index (χ2n) is 2.37. The summed E-state index contributed by atoms with van der Waals surface area (Å²) in [5, 5.41) is 0. The molecule has 0 aromatic rings. The lowest BCUT2D eigenvalue weighted by molar-refractivity contribution is -0.000269. The van der Waals surface area contributed by atoms with Crippen LogP contribution in [0.5, 0.6) is 0 Å². The Morgan fingerprint density at radius 3 is 2.57 bits per heavy atom. The van der Waals surface area contributed by atoms with Crippen LogP contribution < -0.4 is 5.48 Å². The highest BCUT2D eigenvalue weighted by Gasteiger charge is 2.31. The van der Waals surface area contributed by atoms with Gasteiger partial charge >= 0.3 is 0 Å². The second kappa shape index (κ2) is 1.20. The maximum Gasteiger partial charge on any atom is 0.0806 e. The highest BCUT2D eigenvalue weighted by atomic mass is 16.7. The fraction of sp³-hybridized carbons (Fsp3) is 1.00. The molecule has 2 rings (SSSR count). The molecule has 1 saturated heterocycles. The van der Waals surface area contributed by atoms with E-state index in [1.807, 2.05) is 0 Å². The smallest absolute Gasteiger partial charge is 0.0806 e. The summed E-state index contributed by atoms with van der Waals surface area (Å²) in [6, 6.07) is 0.699. The predicted molar refractivity (Wildman–Crippen MR) is 25.6 cm³/mol. The molecule has 1 saturated carbocycles. The van der Waals surface area contributed by atoms with E-state index in [9.17, 15) is 0 Å². The van der Waals surface area contributed by atoms with Crippen LogP contribution in [0.2, 0.25) is 0 Å². The van der Waals surface area contributed by atoms with Gasteiger partial charge in [0.25, 0.3) is 0 Å². The average molecular weight is 99.1 g/mol. The van der Waals surface area contributed by atoms with E-state index in [2.05, 4.69) is 5.48 Å². The summed E-state index contributed by atoms with van der Waals surface area (Å²) < 4.78 is 0. The molecule has 1 aliphatic heterocycles. The van der Waals surface area contributed by atoms with Gasteiger partial charge in [0.2, 0.25) is 0 Å². The molecule has 2 nitrogen and oxygen atoms in total. The minimum Gasteiger partial charge on any atom is -0.298 e. The van der Waals surface area contributed by atoms with Crippen molar-refractivity contribution in [1.29, 1.82) is 0 Å². The van der Waals surface area contributed by atoms with Gasteiger partial charge in [-0.3, -0.25) is 4.84 Å². The zero-order valence-electron chi connectivity index (χ0n) is 4.18. The summed E-state index contributed by atoms with van der Waals surface area (Å²) in [6.45, 7) is 0. The third kappa shape index (κ3) is 0.469. The van der Waals surface area contributed by atoms with Crippen molar-refractivity contribution in [2.75, 3.05) is 0 Å². The lowest BCUT2D eigenvalue weighted by Crippen LogP contribution is -2.22. The largest absolute Gasteiger partial charge is 0.298 e. The molecule has 1 N–H and O–H groups in total. The number of hydrogen-bond acceptors (Lipinski definition) is 2. The van der Waals surface area contributed by atoms with Gasteiger partial charge in [-0.15, -0.1) is 0 Å². The van der Waals surface area contributed by atoms with Gasteiger partial charge in [-0.2, -0.15) is 5.48 Å². The van der Waals surface area contributed by atoms with Gasteiger partial charge in [0.05, 0.1) is 6.10 Å². The monoisotopic (exact) mass is 99.1 g/mol. The quantitative estimate of drug-likeness (QED) is 0.476. The molecule has 2 fully saturated rings. The lowest BCUT2D eigenvalue weighted by atomic mass is 10.3. The van der Waals surface area contributed by atoms with Crippen molar-refractivity contribution in [2.45, 2.75) is 31.4 Å². The molecule has 2 heteroatoms. The van der Waals surface area contributed by atoms with Gasteiger partial charge in [0, 0.05) is 6.04 Å². The molecule has 2 bridgehead atoms. The van der Waals surface area contributed by atoms with Crippen molar-refractivity contribution in [3.63, 3.8) is 0 Å². The van der Waals surface area contributed by atoms with E-state index < -0.39 is 0 Å². The third-order valence-corrected chi connectivity index (χ3v) is 1.79. The molecular formula is C5H9NO. The second-order valence-corrected chi connectivity index (χ2v) is 2.37. The summed E-state index contributed by atoms with van der Waals surface area (Å²) in [5.74, 6) is 0. The maximum atomic E-state index is 5.10. The van der Waals surface area contributed by atoms with Crippen LogP contribution >= 0.6 is 0 Å². The molecule has 1 heterocycles. The summed E-state index contributed by atoms with van der Waals surface area (Å²) in [7, 11) is 0. The normalized spacial score (nSPS) is 48.0. The van der Waals surface area contributed by atoms with E-state index >= 15 is 0 Å². The Balaban J connectivity index is 2.12. The Kier molecular flexibility index (Phi) is 0.664. The Morgan fingerprint density at radius 1 is 1.43 bits per heavy atom. The topological polar surface area (TPSA) is 21.3 Å². The van der Waals surface area contributed by atoms with Crippen molar-refractivity contribution in [3.05, 3.63) is 0 Å². The Hall–Kier alpha value is -0.0800. The number of hydroxylamine groups is 1. The van der Waals surface area contributed by atoms with Crippen LogP contribution in [0, 0.1) is 0 Å². The standard InChI is InChI=1S/C5H9NO/c1-2-5-3-4(1)6-7-5/h4-6H,1-3H2/t4-,5-/m0/s1. The predicted octanol–water partition coefficient (Wildman–Crippen LogP) is 0.442. The first-order valence-electron chi connectivity index (χ1n) is 2.86. The third-order valence-electron chi connectivity index (χ3n) is 1.79. The molecule has 0 aromatic carbocycles.